The van der Waals surface area contributed by atoms with Crippen molar-refractivity contribution < 1.29 is 0 Å². The van der Waals surface area contributed by atoms with Crippen molar-refractivity contribution in [1.82, 2.24) is 5.32 Å². The van der Waals surface area contributed by atoms with Crippen molar-refractivity contribution >= 4 is 23.2 Å². The van der Waals surface area contributed by atoms with E-state index in [1.165, 1.54) is 37.7 Å². The molecule has 0 saturated heterocycles. The maximum absolute atomic E-state index is 6.23. The molecular formula is C17H25Cl2N. The molecule has 0 amide bonds. The number of halogens is 2. The molecule has 0 radical (unpaired) electrons. The van der Waals surface area contributed by atoms with Crippen LogP contribution in [0.25, 0.3) is 0 Å². The van der Waals surface area contributed by atoms with Crippen molar-refractivity contribution in [2.75, 3.05) is 13.1 Å². The second-order valence-electron chi connectivity index (χ2n) is 6.27. The van der Waals surface area contributed by atoms with Crippen molar-refractivity contribution in [1.29, 1.82) is 0 Å². The van der Waals surface area contributed by atoms with Crippen LogP contribution in [-0.4, -0.2) is 13.1 Å². The van der Waals surface area contributed by atoms with Crippen LogP contribution >= 0.6 is 23.2 Å². The van der Waals surface area contributed by atoms with Crippen molar-refractivity contribution in [2.45, 2.75) is 51.4 Å². The van der Waals surface area contributed by atoms with Gasteiger partial charge in [0, 0.05) is 12.0 Å². The Hall–Kier alpha value is -0.240. The van der Waals surface area contributed by atoms with E-state index in [1.54, 1.807) is 0 Å². The molecule has 2 rings (SSSR count). The third kappa shape index (κ3) is 3.69. The average molecular weight is 314 g/mol. The smallest absolute Gasteiger partial charge is 0.0595 e. The van der Waals surface area contributed by atoms with Crippen LogP contribution in [0.15, 0.2) is 18.2 Å². The zero-order valence-corrected chi connectivity index (χ0v) is 14.0. The zero-order valence-electron chi connectivity index (χ0n) is 12.5. The first-order valence-electron chi connectivity index (χ1n) is 7.73. The quantitative estimate of drug-likeness (QED) is 0.713. The summed E-state index contributed by atoms with van der Waals surface area (Å²) in [6.07, 6.45) is 6.25. The van der Waals surface area contributed by atoms with E-state index in [0.717, 1.165) is 19.0 Å². The maximum Gasteiger partial charge on any atom is 0.0595 e. The lowest BCUT2D eigenvalue weighted by atomic mass is 9.67. The summed E-state index contributed by atoms with van der Waals surface area (Å²) < 4.78 is 0. The first-order valence-corrected chi connectivity index (χ1v) is 8.49. The topological polar surface area (TPSA) is 12.0 Å². The molecule has 1 aliphatic rings. The molecule has 0 bridgehead atoms. The molecule has 20 heavy (non-hydrogen) atoms. The molecule has 0 aromatic heterocycles. The largest absolute Gasteiger partial charge is 0.316 e. The predicted molar refractivity (Wildman–Crippen MR) is 88.9 cm³/mol. The second kappa shape index (κ2) is 7.15. The fraction of sp³-hybridized carbons (Fsp3) is 0.647. The third-order valence-electron chi connectivity index (χ3n) is 4.65. The van der Waals surface area contributed by atoms with Crippen LogP contribution in [0.4, 0.5) is 0 Å². The molecule has 1 nitrogen and oxygen atoms in total. The third-order valence-corrected chi connectivity index (χ3v) is 5.39. The van der Waals surface area contributed by atoms with Crippen LogP contribution < -0.4 is 5.32 Å². The number of rotatable bonds is 5. The van der Waals surface area contributed by atoms with Gasteiger partial charge in [-0.15, -0.1) is 0 Å². The van der Waals surface area contributed by atoms with Crippen LogP contribution in [0, 0.1) is 5.92 Å². The zero-order chi connectivity index (χ0) is 14.6. The van der Waals surface area contributed by atoms with E-state index in [-0.39, 0.29) is 5.41 Å². The second-order valence-corrected chi connectivity index (χ2v) is 7.08. The Morgan fingerprint density at radius 3 is 2.50 bits per heavy atom. The summed E-state index contributed by atoms with van der Waals surface area (Å²) in [5.41, 5.74) is 1.58. The number of hydrogen-bond acceptors (Lipinski definition) is 1. The first kappa shape index (κ1) is 16.1. The Morgan fingerprint density at radius 2 is 1.90 bits per heavy atom. The van der Waals surface area contributed by atoms with Gasteiger partial charge in [-0.25, -0.2) is 0 Å². The molecule has 1 saturated carbocycles. The normalized spacial score (nSPS) is 26.7. The molecule has 0 aliphatic heterocycles. The summed E-state index contributed by atoms with van der Waals surface area (Å²) in [5, 5.41) is 4.94. The summed E-state index contributed by atoms with van der Waals surface area (Å²) in [5.74, 6) is 0.845. The lowest BCUT2D eigenvalue weighted by Gasteiger charge is -2.40. The molecule has 1 fully saturated rings. The first-order chi connectivity index (χ1) is 9.57. The van der Waals surface area contributed by atoms with Gasteiger partial charge >= 0.3 is 0 Å². The summed E-state index contributed by atoms with van der Waals surface area (Å²) in [7, 11) is 0. The standard InChI is InChI=1S/C17H25Cl2N/c1-3-10-20-12-17(8-6-13(2)7-9-17)14-4-5-15(18)16(19)11-14/h4-5,11,13,20H,3,6-10,12H2,1-2H3. The van der Waals surface area contributed by atoms with Gasteiger partial charge in [0.15, 0.2) is 0 Å². The van der Waals surface area contributed by atoms with Crippen molar-refractivity contribution in [2.24, 2.45) is 5.92 Å². The highest BCUT2D eigenvalue weighted by molar-refractivity contribution is 6.42. The molecule has 3 heteroatoms. The van der Waals surface area contributed by atoms with E-state index in [0.29, 0.717) is 10.0 Å². The fourth-order valence-corrected chi connectivity index (χ4v) is 3.51. The minimum Gasteiger partial charge on any atom is -0.316 e. The number of hydrogen-bond donors (Lipinski definition) is 1. The maximum atomic E-state index is 6.23. The van der Waals surface area contributed by atoms with Gasteiger partial charge in [0.25, 0.3) is 0 Å². The number of nitrogens with one attached hydrogen (secondary N) is 1. The Balaban J connectivity index is 2.22. The van der Waals surface area contributed by atoms with Gasteiger partial charge in [-0.3, -0.25) is 0 Å². The van der Waals surface area contributed by atoms with Crippen molar-refractivity contribution in [3.8, 4) is 0 Å². The highest BCUT2D eigenvalue weighted by atomic mass is 35.5. The van der Waals surface area contributed by atoms with Crippen LogP contribution in [0.5, 0.6) is 0 Å². The molecule has 1 aliphatic carbocycles. The van der Waals surface area contributed by atoms with Crippen LogP contribution in [0.2, 0.25) is 10.0 Å². The van der Waals surface area contributed by atoms with Gasteiger partial charge in [-0.2, -0.15) is 0 Å². The molecular weight excluding hydrogens is 289 g/mol. The van der Waals surface area contributed by atoms with E-state index < -0.39 is 0 Å². The van der Waals surface area contributed by atoms with E-state index in [1.807, 2.05) is 6.07 Å². The predicted octanol–water partition coefficient (Wildman–Crippen LogP) is 5.44. The van der Waals surface area contributed by atoms with Crippen molar-refractivity contribution in [3.63, 3.8) is 0 Å². The van der Waals surface area contributed by atoms with E-state index in [2.05, 4.69) is 31.3 Å². The monoisotopic (exact) mass is 313 g/mol. The van der Waals surface area contributed by atoms with Crippen LogP contribution in [0.3, 0.4) is 0 Å². The summed E-state index contributed by atoms with van der Waals surface area (Å²) in [4.78, 5) is 0. The van der Waals surface area contributed by atoms with E-state index in [9.17, 15) is 0 Å². The summed E-state index contributed by atoms with van der Waals surface area (Å²) in [6, 6.07) is 6.18. The molecule has 0 unspecified atom stereocenters. The minimum atomic E-state index is 0.232. The summed E-state index contributed by atoms with van der Waals surface area (Å²) >= 11 is 12.3. The highest BCUT2D eigenvalue weighted by Crippen LogP contribution is 2.42. The molecule has 1 N–H and O–H groups in total. The highest BCUT2D eigenvalue weighted by Gasteiger charge is 2.35. The van der Waals surface area contributed by atoms with Gasteiger partial charge in [-0.05, 0) is 62.3 Å². The molecule has 0 atom stereocenters. The molecule has 1 aromatic carbocycles. The minimum absolute atomic E-state index is 0.232. The van der Waals surface area contributed by atoms with Gasteiger partial charge in [0.1, 0.15) is 0 Å². The lowest BCUT2D eigenvalue weighted by molar-refractivity contribution is 0.234. The van der Waals surface area contributed by atoms with Crippen LogP contribution in [-0.2, 0) is 5.41 Å². The summed E-state index contributed by atoms with van der Waals surface area (Å²) in [6.45, 7) is 6.70. The number of benzene rings is 1. The molecule has 0 spiro atoms. The molecule has 1 aromatic rings. The fourth-order valence-electron chi connectivity index (χ4n) is 3.21. The van der Waals surface area contributed by atoms with Crippen LogP contribution in [0.1, 0.15) is 51.5 Å². The van der Waals surface area contributed by atoms with E-state index >= 15 is 0 Å². The van der Waals surface area contributed by atoms with Gasteiger partial charge < -0.3 is 5.32 Å². The Kier molecular flexibility index (Phi) is 5.77. The SMILES string of the molecule is CCCNCC1(c2ccc(Cl)c(Cl)c2)CCC(C)CC1. The molecule has 112 valence electrons. The van der Waals surface area contributed by atoms with Gasteiger partial charge in [-0.1, -0.05) is 43.1 Å². The Bertz CT molecular complexity index is 437. The van der Waals surface area contributed by atoms with E-state index in [4.69, 9.17) is 23.2 Å². The van der Waals surface area contributed by atoms with Crippen molar-refractivity contribution in [3.05, 3.63) is 33.8 Å². The Morgan fingerprint density at radius 1 is 1.20 bits per heavy atom. The average Bonchev–Trinajstić information content (AvgIpc) is 2.45. The van der Waals surface area contributed by atoms with Gasteiger partial charge in [0.2, 0.25) is 0 Å². The van der Waals surface area contributed by atoms with Gasteiger partial charge in [0.05, 0.1) is 10.0 Å². The molecule has 0 heterocycles. The lowest BCUT2D eigenvalue weighted by Crippen LogP contribution is -2.41. The Labute approximate surface area is 133 Å².